The molecule has 2 fully saturated rings. The van der Waals surface area contributed by atoms with Crippen LogP contribution in [0, 0.1) is 10.8 Å². The first-order valence-electron chi connectivity index (χ1n) is 23.1. The van der Waals surface area contributed by atoms with E-state index in [1.807, 2.05) is 135 Å². The van der Waals surface area contributed by atoms with E-state index in [4.69, 9.17) is 46.4 Å². The van der Waals surface area contributed by atoms with Gasteiger partial charge in [0.25, 0.3) is 0 Å². The molecule has 2 saturated heterocycles. The SMILES string of the molecule is C=CC[C@@]1(C)C[C@H](c2cccc(Cl)c2)[C@@H](c2ccc(Cl)cc2)N([C@@H](CC)[C@@H](C)S(C)(=O)=O)C1=O.C=CC[C@@]1(C)C[C@H](c2cccc(Cl)c2)[C@@H](c2ccc(Cl)cc2)N([C@@H](CC)[C@H](C)S(C)(=O)=O)C1=O. The topological polar surface area (TPSA) is 109 Å². The Morgan fingerprint density at radius 2 is 0.897 bits per heavy atom. The third-order valence-corrected chi connectivity index (χ3v) is 18.7. The number of halogens is 4. The molecule has 2 heterocycles. The summed E-state index contributed by atoms with van der Waals surface area (Å²) in [5.41, 5.74) is 2.43. The molecule has 14 heteroatoms. The van der Waals surface area contributed by atoms with Crippen molar-refractivity contribution in [3.63, 3.8) is 0 Å². The minimum Gasteiger partial charge on any atom is -0.330 e. The summed E-state index contributed by atoms with van der Waals surface area (Å²) in [7, 11) is -6.79. The van der Waals surface area contributed by atoms with Gasteiger partial charge in [0.2, 0.25) is 11.8 Å². The quantitative estimate of drug-likeness (QED) is 0.103. The highest BCUT2D eigenvalue weighted by atomic mass is 35.5. The van der Waals surface area contributed by atoms with Crippen LogP contribution in [0.5, 0.6) is 0 Å². The molecule has 0 radical (unpaired) electrons. The average molecular weight is 1050 g/mol. The number of carbonyl (C=O) groups is 2. The molecule has 368 valence electrons. The van der Waals surface area contributed by atoms with E-state index in [0.29, 0.717) is 58.6 Å². The van der Waals surface area contributed by atoms with Gasteiger partial charge in [0.15, 0.2) is 19.7 Å². The number of rotatable bonds is 16. The molecule has 6 rings (SSSR count). The van der Waals surface area contributed by atoms with Crippen LogP contribution in [0.25, 0.3) is 0 Å². The number of carbonyl (C=O) groups excluding carboxylic acids is 2. The number of sulfone groups is 2. The molecule has 2 aliphatic heterocycles. The van der Waals surface area contributed by atoms with Gasteiger partial charge in [0.05, 0.1) is 33.4 Å². The third kappa shape index (κ3) is 12.3. The van der Waals surface area contributed by atoms with Crippen LogP contribution in [0.15, 0.2) is 122 Å². The molecule has 10 atom stereocenters. The van der Waals surface area contributed by atoms with Crippen molar-refractivity contribution in [3.8, 4) is 0 Å². The van der Waals surface area contributed by atoms with Gasteiger partial charge < -0.3 is 9.80 Å². The van der Waals surface area contributed by atoms with E-state index in [-0.39, 0.29) is 35.7 Å². The summed E-state index contributed by atoms with van der Waals surface area (Å²) in [4.78, 5) is 32.1. The van der Waals surface area contributed by atoms with Crippen LogP contribution in [-0.4, -0.2) is 73.5 Å². The summed E-state index contributed by atoms with van der Waals surface area (Å²) in [5, 5.41) is 1.01. The van der Waals surface area contributed by atoms with E-state index < -0.39 is 53.1 Å². The number of amides is 2. The zero-order valence-corrected chi connectivity index (χ0v) is 45.0. The first-order chi connectivity index (χ1) is 31.8. The summed E-state index contributed by atoms with van der Waals surface area (Å²) in [6.07, 6.45) is 9.22. The zero-order chi connectivity index (χ0) is 50.5. The normalized spacial score (nSPS) is 25.1. The van der Waals surface area contributed by atoms with Crippen LogP contribution in [0.1, 0.15) is 126 Å². The molecule has 4 aromatic rings. The van der Waals surface area contributed by atoms with Crippen molar-refractivity contribution >= 4 is 77.9 Å². The van der Waals surface area contributed by atoms with Crippen LogP contribution >= 0.6 is 46.4 Å². The Labute approximate surface area is 425 Å². The standard InChI is InChI=1S/2C27H33Cl2NO3S/c2*1-6-15-27(4)17-23(20-9-8-10-22(29)16-20)25(19-11-13-21(28)14-12-19)30(26(27)31)24(7-2)18(3)34(5,32)33/h2*6,8-14,16,18,23-25H,1,7,15,17H2,2-5H3/t18-,23+,24-,25+,27-;18-,23-,24+,25-,27+/m01/s1. The minimum atomic E-state index is -3.39. The van der Waals surface area contributed by atoms with E-state index in [2.05, 4.69) is 13.2 Å². The van der Waals surface area contributed by atoms with Gasteiger partial charge >= 0.3 is 0 Å². The van der Waals surface area contributed by atoms with E-state index in [0.717, 1.165) is 22.3 Å². The molecule has 0 saturated carbocycles. The van der Waals surface area contributed by atoms with Gasteiger partial charge in [-0.25, -0.2) is 16.8 Å². The fourth-order valence-electron chi connectivity index (χ4n) is 10.6. The van der Waals surface area contributed by atoms with Crippen molar-refractivity contribution in [2.45, 2.75) is 127 Å². The lowest BCUT2D eigenvalue weighted by Crippen LogP contribution is -2.58. The molecule has 0 bridgehead atoms. The number of benzene rings is 4. The highest BCUT2D eigenvalue weighted by molar-refractivity contribution is 7.91. The maximum Gasteiger partial charge on any atom is 0.229 e. The molecule has 0 aliphatic carbocycles. The van der Waals surface area contributed by atoms with Gasteiger partial charge in [-0.1, -0.05) is 135 Å². The van der Waals surface area contributed by atoms with E-state index >= 15 is 0 Å². The molecule has 4 aromatic carbocycles. The Morgan fingerprint density at radius 3 is 1.16 bits per heavy atom. The number of nitrogens with zero attached hydrogens (tertiary/aromatic N) is 2. The number of allylic oxidation sites excluding steroid dienone is 2. The maximum absolute atomic E-state index is 14.2. The molecule has 68 heavy (non-hydrogen) atoms. The fraction of sp³-hybridized carbons (Fsp3) is 0.444. The van der Waals surface area contributed by atoms with Gasteiger partial charge in [0.1, 0.15) is 0 Å². The van der Waals surface area contributed by atoms with Crippen molar-refractivity contribution in [3.05, 3.63) is 165 Å². The fourth-order valence-corrected chi connectivity index (χ4v) is 13.0. The van der Waals surface area contributed by atoms with Crippen molar-refractivity contribution < 1.29 is 26.4 Å². The maximum atomic E-state index is 14.2. The molecule has 2 amide bonds. The van der Waals surface area contributed by atoms with Gasteiger partial charge in [0, 0.05) is 56.5 Å². The van der Waals surface area contributed by atoms with Crippen molar-refractivity contribution in [2.24, 2.45) is 10.8 Å². The van der Waals surface area contributed by atoms with Crippen molar-refractivity contribution in [1.29, 1.82) is 0 Å². The van der Waals surface area contributed by atoms with Gasteiger partial charge in [-0.15, -0.1) is 13.2 Å². The second-order valence-corrected chi connectivity index (χ2v) is 25.8. The smallest absolute Gasteiger partial charge is 0.229 e. The Hall–Kier alpha value is -3.64. The number of hydrogen-bond acceptors (Lipinski definition) is 6. The second kappa shape index (κ2) is 22.6. The van der Waals surface area contributed by atoms with E-state index in [9.17, 15) is 26.4 Å². The molecule has 0 N–H and O–H groups in total. The predicted octanol–water partition coefficient (Wildman–Crippen LogP) is 13.7. The van der Waals surface area contributed by atoms with Crippen LogP contribution < -0.4 is 0 Å². The molecule has 0 spiro atoms. The molecule has 0 unspecified atom stereocenters. The summed E-state index contributed by atoms with van der Waals surface area (Å²) >= 11 is 25.1. The first-order valence-corrected chi connectivity index (χ1v) is 28.5. The molecule has 8 nitrogen and oxygen atoms in total. The van der Waals surface area contributed by atoms with E-state index in [1.165, 1.54) is 12.5 Å². The highest BCUT2D eigenvalue weighted by Crippen LogP contribution is 2.54. The lowest BCUT2D eigenvalue weighted by Gasteiger charge is -2.53. The minimum absolute atomic E-state index is 0.0482. The largest absolute Gasteiger partial charge is 0.330 e. The Bertz CT molecular complexity index is 2480. The summed E-state index contributed by atoms with van der Waals surface area (Å²) in [6.45, 7) is 19.0. The number of piperidine rings is 2. The zero-order valence-electron chi connectivity index (χ0n) is 40.3. The number of hydrogen-bond donors (Lipinski definition) is 0. The molecular formula is C54H66Cl4N2O6S2. The van der Waals surface area contributed by atoms with Crippen molar-refractivity contribution in [2.75, 3.05) is 12.5 Å². The molecule has 2 aliphatic rings. The van der Waals surface area contributed by atoms with Gasteiger partial charge in [-0.2, -0.15) is 0 Å². The second-order valence-electron chi connectivity index (χ2n) is 19.3. The van der Waals surface area contributed by atoms with Crippen LogP contribution in [0.4, 0.5) is 0 Å². The molecular weight excluding hydrogens is 979 g/mol. The lowest BCUT2D eigenvalue weighted by molar-refractivity contribution is -0.155. The Morgan fingerprint density at radius 1 is 0.574 bits per heavy atom. The first kappa shape index (κ1) is 55.3. The molecule has 0 aromatic heterocycles. The monoisotopic (exact) mass is 1040 g/mol. The van der Waals surface area contributed by atoms with E-state index in [1.54, 1.807) is 26.0 Å². The number of likely N-dealkylation sites (tertiary alicyclic amines) is 2. The Kier molecular flexibility index (Phi) is 18.4. The highest BCUT2D eigenvalue weighted by Gasteiger charge is 2.54. The summed E-state index contributed by atoms with van der Waals surface area (Å²) in [6, 6.07) is 28.7. The lowest BCUT2D eigenvalue weighted by atomic mass is 9.67. The summed E-state index contributed by atoms with van der Waals surface area (Å²) in [5.74, 6) is -0.285. The summed E-state index contributed by atoms with van der Waals surface area (Å²) < 4.78 is 50.7. The Balaban J connectivity index is 0.000000254. The van der Waals surface area contributed by atoms with Gasteiger partial charge in [-0.3, -0.25) is 9.59 Å². The van der Waals surface area contributed by atoms with Crippen LogP contribution in [0.3, 0.4) is 0 Å². The van der Waals surface area contributed by atoms with Crippen molar-refractivity contribution in [1.82, 2.24) is 9.80 Å². The van der Waals surface area contributed by atoms with Crippen LogP contribution in [-0.2, 0) is 29.3 Å². The third-order valence-electron chi connectivity index (χ3n) is 14.4. The average Bonchev–Trinajstić information content (AvgIpc) is 3.27. The van der Waals surface area contributed by atoms with Crippen LogP contribution in [0.2, 0.25) is 20.1 Å². The predicted molar refractivity (Wildman–Crippen MR) is 282 cm³/mol. The van der Waals surface area contributed by atoms with Gasteiger partial charge in [-0.05, 0) is 123 Å².